The highest BCUT2D eigenvalue weighted by Gasteiger charge is 2.24. The molecule has 0 spiro atoms. The number of rotatable bonds is 3. The highest BCUT2D eigenvalue weighted by atomic mass is 32.2. The summed E-state index contributed by atoms with van der Waals surface area (Å²) in [5.74, 6) is 0.499. The van der Waals surface area contributed by atoms with Gasteiger partial charge >= 0.3 is 0 Å². The zero-order valence-corrected chi connectivity index (χ0v) is 14.8. The van der Waals surface area contributed by atoms with Gasteiger partial charge in [0.15, 0.2) is 0 Å². The van der Waals surface area contributed by atoms with Gasteiger partial charge in [-0.15, -0.1) is 23.1 Å². The lowest BCUT2D eigenvalue weighted by molar-refractivity contribution is 0.102. The van der Waals surface area contributed by atoms with Crippen LogP contribution in [-0.2, 0) is 12.8 Å². The summed E-state index contributed by atoms with van der Waals surface area (Å²) in [5, 5.41) is 13.1. The summed E-state index contributed by atoms with van der Waals surface area (Å²) in [7, 11) is 0. The average Bonchev–Trinajstić information content (AvgIpc) is 2.90. The third kappa shape index (κ3) is 3.29. The Kier molecular flexibility index (Phi) is 4.74. The fourth-order valence-electron chi connectivity index (χ4n) is 2.90. The number of anilines is 1. The molecule has 1 aromatic heterocycles. The van der Waals surface area contributed by atoms with E-state index in [-0.39, 0.29) is 5.91 Å². The first-order chi connectivity index (χ1) is 11.1. The lowest BCUT2D eigenvalue weighted by atomic mass is 9.88. The molecule has 1 amide bonds. The molecule has 0 bridgehead atoms. The van der Waals surface area contributed by atoms with Crippen LogP contribution in [0.15, 0.2) is 29.2 Å². The van der Waals surface area contributed by atoms with E-state index >= 15 is 0 Å². The number of thioether (sulfide) groups is 1. The van der Waals surface area contributed by atoms with Crippen molar-refractivity contribution in [3.05, 3.63) is 45.8 Å². The van der Waals surface area contributed by atoms with E-state index in [0.717, 1.165) is 29.7 Å². The molecule has 3 rings (SSSR count). The van der Waals surface area contributed by atoms with Crippen LogP contribution < -0.4 is 5.32 Å². The van der Waals surface area contributed by atoms with Gasteiger partial charge in [0.25, 0.3) is 5.91 Å². The number of fused-ring (bicyclic) bond motifs is 1. The summed E-state index contributed by atoms with van der Waals surface area (Å²) in [6, 6.07) is 9.83. The second kappa shape index (κ2) is 6.77. The van der Waals surface area contributed by atoms with E-state index < -0.39 is 0 Å². The molecule has 1 atom stereocenters. The first-order valence-electron chi connectivity index (χ1n) is 7.62. The van der Waals surface area contributed by atoms with Crippen molar-refractivity contribution in [1.29, 1.82) is 5.26 Å². The minimum Gasteiger partial charge on any atom is -0.312 e. The van der Waals surface area contributed by atoms with E-state index in [4.69, 9.17) is 0 Å². The Morgan fingerprint density at radius 2 is 2.30 bits per heavy atom. The van der Waals surface area contributed by atoms with E-state index in [1.54, 1.807) is 29.2 Å². The Balaban J connectivity index is 1.88. The quantitative estimate of drug-likeness (QED) is 0.821. The smallest absolute Gasteiger partial charge is 0.256 e. The molecule has 0 fully saturated rings. The lowest BCUT2D eigenvalue weighted by Crippen LogP contribution is -2.12. The summed E-state index contributed by atoms with van der Waals surface area (Å²) in [6.07, 6.45) is 5.04. The molecule has 5 heteroatoms. The van der Waals surface area contributed by atoms with Crippen molar-refractivity contribution in [2.45, 2.75) is 31.1 Å². The number of hydrogen-bond donors (Lipinski definition) is 1. The zero-order valence-electron chi connectivity index (χ0n) is 13.2. The minimum absolute atomic E-state index is 0.149. The van der Waals surface area contributed by atoms with Crippen LogP contribution in [0.3, 0.4) is 0 Å². The number of nitrogens with zero attached hydrogens (tertiary/aromatic N) is 1. The number of benzene rings is 1. The summed E-state index contributed by atoms with van der Waals surface area (Å²) in [6.45, 7) is 2.24. The van der Waals surface area contributed by atoms with Crippen LogP contribution in [0.1, 0.15) is 39.7 Å². The summed E-state index contributed by atoms with van der Waals surface area (Å²) in [4.78, 5) is 14.8. The Bertz CT molecular complexity index is 789. The van der Waals surface area contributed by atoms with Gasteiger partial charge in [0, 0.05) is 15.3 Å². The number of carbonyl (C=O) groups is 1. The van der Waals surface area contributed by atoms with Gasteiger partial charge in [0.05, 0.1) is 5.56 Å². The van der Waals surface area contributed by atoms with Crippen molar-refractivity contribution >= 4 is 34.0 Å². The van der Waals surface area contributed by atoms with Gasteiger partial charge < -0.3 is 5.32 Å². The molecular formula is C18H18N2OS2. The summed E-state index contributed by atoms with van der Waals surface area (Å²) in [5.41, 5.74) is 2.43. The van der Waals surface area contributed by atoms with Gasteiger partial charge in [-0.2, -0.15) is 5.26 Å². The number of thiophene rings is 1. The van der Waals surface area contributed by atoms with Crippen molar-refractivity contribution in [1.82, 2.24) is 0 Å². The maximum absolute atomic E-state index is 12.5. The van der Waals surface area contributed by atoms with Crippen LogP contribution in [0, 0.1) is 17.2 Å². The molecule has 118 valence electrons. The fraction of sp³-hybridized carbons (Fsp3) is 0.333. The SMILES string of the molecule is CSc1cccc(C(=O)Nc2sc3c(c2C#N)CC[C@H](C)C3)c1. The first kappa shape index (κ1) is 16.1. The molecule has 2 aromatic rings. The molecule has 1 aliphatic rings. The third-order valence-electron chi connectivity index (χ3n) is 4.18. The minimum atomic E-state index is -0.149. The normalized spacial score (nSPS) is 16.5. The van der Waals surface area contributed by atoms with Gasteiger partial charge in [-0.05, 0) is 55.2 Å². The van der Waals surface area contributed by atoms with Crippen LogP contribution in [0.5, 0.6) is 0 Å². The maximum atomic E-state index is 12.5. The van der Waals surface area contributed by atoms with Crippen molar-refractivity contribution in [3.8, 4) is 6.07 Å². The molecule has 1 aromatic carbocycles. The van der Waals surface area contributed by atoms with E-state index in [9.17, 15) is 10.1 Å². The third-order valence-corrected chi connectivity index (χ3v) is 6.08. The summed E-state index contributed by atoms with van der Waals surface area (Å²) >= 11 is 3.17. The van der Waals surface area contributed by atoms with Crippen molar-refractivity contribution in [2.75, 3.05) is 11.6 Å². The predicted molar refractivity (Wildman–Crippen MR) is 96.4 cm³/mol. The van der Waals surface area contributed by atoms with Crippen LogP contribution in [0.25, 0.3) is 0 Å². The highest BCUT2D eigenvalue weighted by Crippen LogP contribution is 2.39. The summed E-state index contributed by atoms with van der Waals surface area (Å²) < 4.78 is 0. The molecule has 0 saturated heterocycles. The van der Waals surface area contributed by atoms with E-state index in [0.29, 0.717) is 22.0 Å². The Hall–Kier alpha value is -1.77. The molecule has 0 aliphatic heterocycles. The highest BCUT2D eigenvalue weighted by molar-refractivity contribution is 7.98. The first-order valence-corrected chi connectivity index (χ1v) is 9.66. The van der Waals surface area contributed by atoms with Gasteiger partial charge in [-0.3, -0.25) is 4.79 Å². The number of carbonyl (C=O) groups excluding carboxylic acids is 1. The Morgan fingerprint density at radius 3 is 3.04 bits per heavy atom. The zero-order chi connectivity index (χ0) is 16.4. The van der Waals surface area contributed by atoms with Crippen LogP contribution in [0.4, 0.5) is 5.00 Å². The average molecular weight is 342 g/mol. The van der Waals surface area contributed by atoms with Crippen LogP contribution >= 0.6 is 23.1 Å². The van der Waals surface area contributed by atoms with Crippen LogP contribution in [0.2, 0.25) is 0 Å². The molecule has 23 heavy (non-hydrogen) atoms. The predicted octanol–water partition coefficient (Wildman–Crippen LogP) is 4.72. The number of hydrogen-bond acceptors (Lipinski definition) is 4. The van der Waals surface area contributed by atoms with Crippen LogP contribution in [-0.4, -0.2) is 12.2 Å². The monoisotopic (exact) mass is 342 g/mol. The fourth-order valence-corrected chi connectivity index (χ4v) is 4.71. The molecular weight excluding hydrogens is 324 g/mol. The van der Waals surface area contributed by atoms with Gasteiger partial charge in [0.2, 0.25) is 0 Å². The second-order valence-corrected chi connectivity index (χ2v) is 7.84. The van der Waals surface area contributed by atoms with Gasteiger partial charge in [-0.1, -0.05) is 13.0 Å². The van der Waals surface area contributed by atoms with Gasteiger partial charge in [-0.25, -0.2) is 0 Å². The Labute approximate surface area is 144 Å². The standard InChI is InChI=1S/C18H18N2OS2/c1-11-6-7-14-15(10-19)18(23-16(14)8-11)20-17(21)12-4-3-5-13(9-12)22-2/h3-5,9,11H,6-8H2,1-2H3,(H,20,21)/t11-/m0/s1. The van der Waals surface area contributed by atoms with Crippen molar-refractivity contribution < 1.29 is 4.79 Å². The van der Waals surface area contributed by atoms with Crippen molar-refractivity contribution in [3.63, 3.8) is 0 Å². The van der Waals surface area contributed by atoms with Gasteiger partial charge in [0.1, 0.15) is 11.1 Å². The van der Waals surface area contributed by atoms with E-state index in [1.165, 1.54) is 4.88 Å². The molecule has 3 nitrogen and oxygen atoms in total. The maximum Gasteiger partial charge on any atom is 0.256 e. The molecule has 0 saturated carbocycles. The topological polar surface area (TPSA) is 52.9 Å². The molecule has 1 N–H and O–H groups in total. The lowest BCUT2D eigenvalue weighted by Gasteiger charge is -2.17. The van der Waals surface area contributed by atoms with E-state index in [2.05, 4.69) is 18.3 Å². The Morgan fingerprint density at radius 1 is 1.48 bits per heavy atom. The number of nitriles is 1. The molecule has 0 radical (unpaired) electrons. The molecule has 1 aliphatic carbocycles. The molecule has 0 unspecified atom stereocenters. The largest absolute Gasteiger partial charge is 0.312 e. The van der Waals surface area contributed by atoms with E-state index in [1.807, 2.05) is 24.5 Å². The van der Waals surface area contributed by atoms with Crippen molar-refractivity contribution in [2.24, 2.45) is 5.92 Å². The number of nitrogens with one attached hydrogen (secondary N) is 1. The molecule has 1 heterocycles. The number of amides is 1. The second-order valence-electron chi connectivity index (χ2n) is 5.85.